The molecular weight excluding hydrogens is 146 g/mol. The van der Waals surface area contributed by atoms with Crippen LogP contribution in [0, 0.1) is 11.3 Å². The van der Waals surface area contributed by atoms with Crippen molar-refractivity contribution in [2.75, 3.05) is 6.54 Å². The molecule has 0 bridgehead atoms. The van der Waals surface area contributed by atoms with Gasteiger partial charge in [-0.05, 0) is 30.7 Å². The molecule has 72 valence electrons. The second-order valence-corrected chi connectivity index (χ2v) is 4.29. The molecule has 0 atom stereocenters. The topological polar surface area (TPSA) is 26.0 Å². The Morgan fingerprint density at radius 3 is 2.00 bits per heavy atom. The summed E-state index contributed by atoms with van der Waals surface area (Å²) < 4.78 is 0. The van der Waals surface area contributed by atoms with E-state index in [1.165, 1.54) is 38.5 Å². The average Bonchev–Trinajstić information content (AvgIpc) is 2.56. The zero-order valence-electron chi connectivity index (χ0n) is 8.60. The van der Waals surface area contributed by atoms with Crippen LogP contribution in [0.25, 0.3) is 0 Å². The predicted octanol–water partition coefficient (Wildman–Crippen LogP) is 2.94. The molecule has 0 unspecified atom stereocenters. The second-order valence-electron chi connectivity index (χ2n) is 4.29. The van der Waals surface area contributed by atoms with Crippen molar-refractivity contribution in [2.24, 2.45) is 17.1 Å². The number of hydrogen-bond donors (Lipinski definition) is 1. The van der Waals surface area contributed by atoms with Gasteiger partial charge in [-0.2, -0.15) is 0 Å². The van der Waals surface area contributed by atoms with Crippen LogP contribution in [0.4, 0.5) is 0 Å². The fraction of sp³-hybridized carbons (Fsp3) is 1.00. The Kier molecular flexibility index (Phi) is 3.57. The van der Waals surface area contributed by atoms with Gasteiger partial charge in [-0.25, -0.2) is 0 Å². The van der Waals surface area contributed by atoms with Gasteiger partial charge >= 0.3 is 0 Å². The molecule has 1 heteroatoms. The van der Waals surface area contributed by atoms with E-state index < -0.39 is 0 Å². The highest BCUT2D eigenvalue weighted by molar-refractivity contribution is 4.90. The Morgan fingerprint density at radius 1 is 1.17 bits per heavy atom. The van der Waals surface area contributed by atoms with Crippen molar-refractivity contribution < 1.29 is 0 Å². The van der Waals surface area contributed by atoms with Gasteiger partial charge in [0.25, 0.3) is 0 Å². The van der Waals surface area contributed by atoms with Gasteiger partial charge in [0.1, 0.15) is 0 Å². The molecular formula is C11H23N. The molecule has 12 heavy (non-hydrogen) atoms. The molecule has 1 aliphatic rings. The molecule has 0 aromatic rings. The number of hydrogen-bond acceptors (Lipinski definition) is 1. The first-order chi connectivity index (χ1) is 5.79. The van der Waals surface area contributed by atoms with Crippen LogP contribution < -0.4 is 5.73 Å². The molecule has 2 N–H and O–H groups in total. The third kappa shape index (κ3) is 1.66. The molecule has 0 heterocycles. The Morgan fingerprint density at radius 2 is 1.67 bits per heavy atom. The van der Waals surface area contributed by atoms with Crippen molar-refractivity contribution in [2.45, 2.75) is 52.4 Å². The highest BCUT2D eigenvalue weighted by Gasteiger charge is 2.37. The minimum atomic E-state index is 0.531. The third-order valence-corrected chi connectivity index (χ3v) is 3.86. The average molecular weight is 169 g/mol. The predicted molar refractivity (Wildman–Crippen MR) is 54.0 cm³/mol. The molecule has 0 radical (unpaired) electrons. The first-order valence-corrected chi connectivity index (χ1v) is 5.49. The summed E-state index contributed by atoms with van der Waals surface area (Å²) in [6.07, 6.45) is 8.22. The van der Waals surface area contributed by atoms with Crippen LogP contribution in [-0.4, -0.2) is 6.54 Å². The summed E-state index contributed by atoms with van der Waals surface area (Å²) >= 11 is 0. The Balaban J connectivity index is 2.63. The van der Waals surface area contributed by atoms with Crippen LogP contribution in [0.5, 0.6) is 0 Å². The van der Waals surface area contributed by atoms with Gasteiger partial charge in [0.2, 0.25) is 0 Å². The van der Waals surface area contributed by atoms with Gasteiger partial charge in [0.15, 0.2) is 0 Å². The van der Waals surface area contributed by atoms with Crippen LogP contribution in [0.15, 0.2) is 0 Å². The van der Waals surface area contributed by atoms with Crippen LogP contribution >= 0.6 is 0 Å². The van der Waals surface area contributed by atoms with Gasteiger partial charge in [0.05, 0.1) is 0 Å². The maximum Gasteiger partial charge on any atom is -0.00179 e. The first kappa shape index (κ1) is 10.0. The SMILES string of the molecule is CCC(CC)C1(CN)CCCC1. The summed E-state index contributed by atoms with van der Waals surface area (Å²) in [7, 11) is 0. The Labute approximate surface area is 76.7 Å². The standard InChI is InChI=1S/C11H23N/c1-3-10(4-2)11(9-12)7-5-6-8-11/h10H,3-9,12H2,1-2H3. The van der Waals surface area contributed by atoms with Crippen LogP contribution in [0.2, 0.25) is 0 Å². The quantitative estimate of drug-likeness (QED) is 0.688. The smallest absolute Gasteiger partial charge is 0.00179 e. The summed E-state index contributed by atoms with van der Waals surface area (Å²) in [4.78, 5) is 0. The molecule has 0 aromatic carbocycles. The van der Waals surface area contributed by atoms with Crippen molar-refractivity contribution in [1.29, 1.82) is 0 Å². The van der Waals surface area contributed by atoms with Gasteiger partial charge < -0.3 is 5.73 Å². The summed E-state index contributed by atoms with van der Waals surface area (Å²) in [5.74, 6) is 0.880. The van der Waals surface area contributed by atoms with Crippen molar-refractivity contribution in [1.82, 2.24) is 0 Å². The van der Waals surface area contributed by atoms with E-state index in [2.05, 4.69) is 13.8 Å². The summed E-state index contributed by atoms with van der Waals surface area (Å²) in [5, 5.41) is 0. The van der Waals surface area contributed by atoms with Crippen LogP contribution in [0.1, 0.15) is 52.4 Å². The van der Waals surface area contributed by atoms with E-state index in [-0.39, 0.29) is 0 Å². The molecule has 1 saturated carbocycles. The van der Waals surface area contributed by atoms with E-state index >= 15 is 0 Å². The lowest BCUT2D eigenvalue weighted by Gasteiger charge is -2.35. The van der Waals surface area contributed by atoms with Gasteiger partial charge in [-0.15, -0.1) is 0 Å². The van der Waals surface area contributed by atoms with Crippen molar-refractivity contribution in [3.8, 4) is 0 Å². The Bertz CT molecular complexity index is 121. The molecule has 0 aliphatic heterocycles. The van der Waals surface area contributed by atoms with Crippen LogP contribution in [-0.2, 0) is 0 Å². The number of nitrogens with two attached hydrogens (primary N) is 1. The van der Waals surface area contributed by atoms with E-state index in [1.54, 1.807) is 0 Å². The monoisotopic (exact) mass is 169 g/mol. The third-order valence-electron chi connectivity index (χ3n) is 3.86. The molecule has 0 aromatic heterocycles. The Hall–Kier alpha value is -0.0400. The minimum Gasteiger partial charge on any atom is -0.330 e. The van der Waals surface area contributed by atoms with E-state index in [4.69, 9.17) is 5.73 Å². The van der Waals surface area contributed by atoms with E-state index in [0.29, 0.717) is 5.41 Å². The molecule has 0 saturated heterocycles. The van der Waals surface area contributed by atoms with Gasteiger partial charge in [-0.1, -0.05) is 39.5 Å². The molecule has 1 fully saturated rings. The van der Waals surface area contributed by atoms with E-state index in [9.17, 15) is 0 Å². The zero-order chi connectivity index (χ0) is 9.03. The molecule has 0 spiro atoms. The molecule has 1 nitrogen and oxygen atoms in total. The maximum atomic E-state index is 5.92. The number of rotatable bonds is 4. The maximum absolute atomic E-state index is 5.92. The van der Waals surface area contributed by atoms with Crippen molar-refractivity contribution in [3.05, 3.63) is 0 Å². The van der Waals surface area contributed by atoms with E-state index in [1.807, 2.05) is 0 Å². The normalized spacial score (nSPS) is 22.0. The second kappa shape index (κ2) is 4.27. The fourth-order valence-electron chi connectivity index (χ4n) is 3.01. The molecule has 0 amide bonds. The molecule has 1 rings (SSSR count). The van der Waals surface area contributed by atoms with Crippen LogP contribution in [0.3, 0.4) is 0 Å². The summed E-state index contributed by atoms with van der Waals surface area (Å²) in [5.41, 5.74) is 6.45. The van der Waals surface area contributed by atoms with Crippen molar-refractivity contribution in [3.63, 3.8) is 0 Å². The zero-order valence-corrected chi connectivity index (χ0v) is 8.60. The van der Waals surface area contributed by atoms with Gasteiger partial charge in [0, 0.05) is 0 Å². The highest BCUT2D eigenvalue weighted by Crippen LogP contribution is 2.45. The lowest BCUT2D eigenvalue weighted by molar-refractivity contribution is 0.164. The van der Waals surface area contributed by atoms with Crippen molar-refractivity contribution >= 4 is 0 Å². The summed E-state index contributed by atoms with van der Waals surface area (Å²) in [6, 6.07) is 0. The largest absolute Gasteiger partial charge is 0.330 e. The highest BCUT2D eigenvalue weighted by atomic mass is 14.6. The summed E-state index contributed by atoms with van der Waals surface area (Å²) in [6.45, 7) is 5.53. The van der Waals surface area contributed by atoms with Gasteiger partial charge in [-0.3, -0.25) is 0 Å². The first-order valence-electron chi connectivity index (χ1n) is 5.49. The fourth-order valence-corrected chi connectivity index (χ4v) is 3.01. The van der Waals surface area contributed by atoms with E-state index in [0.717, 1.165) is 12.5 Å². The lowest BCUT2D eigenvalue weighted by Crippen LogP contribution is -2.35. The lowest BCUT2D eigenvalue weighted by atomic mass is 9.71. The minimum absolute atomic E-state index is 0.531. The molecule has 1 aliphatic carbocycles.